The molecule has 0 aliphatic heterocycles. The smallest absolute Gasteiger partial charge is 0.281 e. The van der Waals surface area contributed by atoms with E-state index in [9.17, 15) is 4.79 Å². The number of thiazole rings is 1. The SMILES string of the molecule is COc1ccc2sc(=NC(=O)c3cc(Cl)ccc3Cl)n(CCSC)c2c1. The van der Waals surface area contributed by atoms with E-state index in [1.165, 1.54) is 17.4 Å². The van der Waals surface area contributed by atoms with Crippen LogP contribution in [0.5, 0.6) is 5.75 Å². The summed E-state index contributed by atoms with van der Waals surface area (Å²) in [6, 6.07) is 10.6. The number of hydrogen-bond acceptors (Lipinski definition) is 4. The highest BCUT2D eigenvalue weighted by Crippen LogP contribution is 2.24. The number of amides is 1. The van der Waals surface area contributed by atoms with Crippen LogP contribution in [0.4, 0.5) is 0 Å². The van der Waals surface area contributed by atoms with E-state index in [2.05, 4.69) is 4.99 Å². The van der Waals surface area contributed by atoms with Gasteiger partial charge in [-0.25, -0.2) is 0 Å². The van der Waals surface area contributed by atoms with Crippen molar-refractivity contribution in [3.05, 3.63) is 56.8 Å². The molecule has 2 aromatic carbocycles. The molecule has 4 nitrogen and oxygen atoms in total. The molecule has 26 heavy (non-hydrogen) atoms. The van der Waals surface area contributed by atoms with Crippen LogP contribution in [-0.2, 0) is 6.54 Å². The van der Waals surface area contributed by atoms with E-state index >= 15 is 0 Å². The topological polar surface area (TPSA) is 43.6 Å². The molecule has 8 heteroatoms. The highest BCUT2D eigenvalue weighted by Gasteiger charge is 2.13. The highest BCUT2D eigenvalue weighted by molar-refractivity contribution is 7.98. The number of halogens is 2. The van der Waals surface area contributed by atoms with Crippen molar-refractivity contribution < 1.29 is 9.53 Å². The van der Waals surface area contributed by atoms with Crippen LogP contribution in [-0.4, -0.2) is 29.6 Å². The van der Waals surface area contributed by atoms with E-state index in [-0.39, 0.29) is 0 Å². The molecule has 1 heterocycles. The molecule has 0 N–H and O–H groups in total. The van der Waals surface area contributed by atoms with Gasteiger partial charge in [0.25, 0.3) is 5.91 Å². The molecule has 1 amide bonds. The number of hydrogen-bond donors (Lipinski definition) is 0. The summed E-state index contributed by atoms with van der Waals surface area (Å²) in [7, 11) is 1.63. The van der Waals surface area contributed by atoms with Gasteiger partial charge in [-0.05, 0) is 36.6 Å². The number of carbonyl (C=O) groups is 1. The lowest BCUT2D eigenvalue weighted by atomic mass is 10.2. The van der Waals surface area contributed by atoms with E-state index in [0.717, 1.165) is 28.3 Å². The molecule has 3 aromatic rings. The average molecular weight is 427 g/mol. The van der Waals surface area contributed by atoms with Gasteiger partial charge in [-0.15, -0.1) is 0 Å². The third-order valence-corrected chi connectivity index (χ3v) is 5.98. The largest absolute Gasteiger partial charge is 0.497 e. The van der Waals surface area contributed by atoms with Gasteiger partial charge < -0.3 is 9.30 Å². The van der Waals surface area contributed by atoms with Gasteiger partial charge in [0.15, 0.2) is 4.80 Å². The number of aromatic nitrogens is 1. The predicted molar refractivity (Wildman–Crippen MR) is 111 cm³/mol. The second-order valence-corrected chi connectivity index (χ2v) is 8.24. The molecule has 0 saturated carbocycles. The Bertz CT molecular complexity index is 1030. The number of aryl methyl sites for hydroxylation is 1. The number of fused-ring (bicyclic) bond motifs is 1. The van der Waals surface area contributed by atoms with Crippen molar-refractivity contribution in [3.8, 4) is 5.75 Å². The standard InChI is InChI=1S/C18H16Cl2N2O2S2/c1-24-12-4-6-16-15(10-12)22(7-8-25-2)18(26-16)21-17(23)13-9-11(19)3-5-14(13)20/h3-6,9-10H,7-8H2,1-2H3. The van der Waals surface area contributed by atoms with Crippen LogP contribution in [0, 0.1) is 0 Å². The van der Waals surface area contributed by atoms with Crippen molar-refractivity contribution in [2.24, 2.45) is 4.99 Å². The first-order chi connectivity index (χ1) is 12.5. The van der Waals surface area contributed by atoms with Gasteiger partial charge in [-0.1, -0.05) is 34.5 Å². The van der Waals surface area contributed by atoms with Gasteiger partial charge >= 0.3 is 0 Å². The minimum absolute atomic E-state index is 0.297. The Balaban J connectivity index is 2.14. The molecule has 1 aromatic heterocycles. The molecule has 0 atom stereocenters. The first kappa shape index (κ1) is 19.3. The number of benzene rings is 2. The summed E-state index contributed by atoms with van der Waals surface area (Å²) in [6.07, 6.45) is 2.05. The molecule has 0 aliphatic carbocycles. The fraction of sp³-hybridized carbons (Fsp3) is 0.222. The van der Waals surface area contributed by atoms with Crippen molar-refractivity contribution in [1.29, 1.82) is 0 Å². The van der Waals surface area contributed by atoms with Gasteiger partial charge in [0.2, 0.25) is 0 Å². The van der Waals surface area contributed by atoms with E-state index < -0.39 is 5.91 Å². The normalized spacial score (nSPS) is 11.9. The van der Waals surface area contributed by atoms with Gasteiger partial charge in [-0.2, -0.15) is 16.8 Å². The van der Waals surface area contributed by atoms with Crippen molar-refractivity contribution in [3.63, 3.8) is 0 Å². The van der Waals surface area contributed by atoms with Crippen LogP contribution < -0.4 is 9.54 Å². The lowest BCUT2D eigenvalue weighted by Crippen LogP contribution is -2.18. The molecular formula is C18H16Cl2N2O2S2. The number of rotatable bonds is 5. The van der Waals surface area contributed by atoms with Gasteiger partial charge in [0.1, 0.15) is 5.75 Å². The van der Waals surface area contributed by atoms with Crippen molar-refractivity contribution in [1.82, 2.24) is 4.57 Å². The molecule has 0 saturated heterocycles. The monoisotopic (exact) mass is 426 g/mol. The first-order valence-electron chi connectivity index (χ1n) is 7.74. The second-order valence-electron chi connectivity index (χ2n) is 5.40. The van der Waals surface area contributed by atoms with Crippen LogP contribution in [0.2, 0.25) is 10.0 Å². The molecule has 136 valence electrons. The lowest BCUT2D eigenvalue weighted by molar-refractivity contribution is 0.0998. The molecule has 0 fully saturated rings. The summed E-state index contributed by atoms with van der Waals surface area (Å²) in [4.78, 5) is 17.6. The Kier molecular flexibility index (Phi) is 6.29. The number of thioether (sulfide) groups is 1. The molecular weight excluding hydrogens is 411 g/mol. The Morgan fingerprint density at radius 2 is 2.08 bits per heavy atom. The molecule has 0 bridgehead atoms. The summed E-state index contributed by atoms with van der Waals surface area (Å²) in [5.41, 5.74) is 1.29. The third kappa shape index (κ3) is 4.09. The van der Waals surface area contributed by atoms with Crippen molar-refractivity contribution >= 4 is 62.4 Å². The zero-order valence-electron chi connectivity index (χ0n) is 14.2. The minimum atomic E-state index is -0.408. The maximum atomic E-state index is 12.7. The minimum Gasteiger partial charge on any atom is -0.497 e. The van der Waals surface area contributed by atoms with Crippen LogP contribution in [0.3, 0.4) is 0 Å². The number of carbonyl (C=O) groups excluding carboxylic acids is 1. The number of nitrogens with zero attached hydrogens (tertiary/aromatic N) is 2. The van der Waals surface area contributed by atoms with E-state index in [1.54, 1.807) is 31.0 Å². The van der Waals surface area contributed by atoms with E-state index in [1.807, 2.05) is 29.0 Å². The van der Waals surface area contributed by atoms with Crippen LogP contribution in [0.1, 0.15) is 10.4 Å². The molecule has 0 aliphatic rings. The second kappa shape index (κ2) is 8.48. The summed E-state index contributed by atoms with van der Waals surface area (Å²) in [6.45, 7) is 0.740. The summed E-state index contributed by atoms with van der Waals surface area (Å²) >= 11 is 15.3. The summed E-state index contributed by atoms with van der Waals surface area (Å²) in [5.74, 6) is 1.26. The predicted octanol–water partition coefficient (Wildman–Crippen LogP) is 5.12. The average Bonchev–Trinajstić information content (AvgIpc) is 2.97. The number of methoxy groups -OCH3 is 1. The van der Waals surface area contributed by atoms with Crippen LogP contribution in [0.25, 0.3) is 10.2 Å². The summed E-state index contributed by atoms with van der Waals surface area (Å²) < 4.78 is 8.40. The van der Waals surface area contributed by atoms with Gasteiger partial charge in [0.05, 0.1) is 27.9 Å². The van der Waals surface area contributed by atoms with Crippen molar-refractivity contribution in [2.75, 3.05) is 19.1 Å². The molecule has 3 rings (SSSR count). The Morgan fingerprint density at radius 3 is 2.81 bits per heavy atom. The zero-order valence-corrected chi connectivity index (χ0v) is 17.3. The van der Waals surface area contributed by atoms with E-state index in [0.29, 0.717) is 20.4 Å². The van der Waals surface area contributed by atoms with E-state index in [4.69, 9.17) is 27.9 Å². The highest BCUT2D eigenvalue weighted by atomic mass is 35.5. The molecule has 0 unspecified atom stereocenters. The van der Waals surface area contributed by atoms with Gasteiger partial charge in [-0.3, -0.25) is 4.79 Å². The Hall–Kier alpha value is -1.47. The lowest BCUT2D eigenvalue weighted by Gasteiger charge is -2.05. The fourth-order valence-corrected chi connectivity index (χ4v) is 4.24. The Morgan fingerprint density at radius 1 is 1.27 bits per heavy atom. The van der Waals surface area contributed by atoms with Crippen LogP contribution in [0.15, 0.2) is 41.4 Å². The van der Waals surface area contributed by atoms with Crippen LogP contribution >= 0.6 is 46.3 Å². The maximum Gasteiger partial charge on any atom is 0.281 e. The quantitative estimate of drug-likeness (QED) is 0.568. The first-order valence-corrected chi connectivity index (χ1v) is 10.7. The number of ether oxygens (including phenoxy) is 1. The summed E-state index contributed by atoms with van der Waals surface area (Å²) in [5, 5.41) is 0.783. The maximum absolute atomic E-state index is 12.7. The fourth-order valence-electron chi connectivity index (χ4n) is 2.47. The van der Waals surface area contributed by atoms with Gasteiger partial charge in [0, 0.05) is 23.4 Å². The zero-order chi connectivity index (χ0) is 18.7. The Labute approximate surface area is 169 Å². The van der Waals surface area contributed by atoms with Crippen molar-refractivity contribution in [2.45, 2.75) is 6.54 Å². The molecule has 0 radical (unpaired) electrons. The third-order valence-electron chi connectivity index (χ3n) is 3.76. The molecule has 0 spiro atoms.